The molecule has 1 aromatic carbocycles. The third-order valence-electron chi connectivity index (χ3n) is 2.30. The fourth-order valence-corrected chi connectivity index (χ4v) is 1.41. The van der Waals surface area contributed by atoms with Crippen LogP contribution in [0.1, 0.15) is 18.1 Å². The van der Waals surface area contributed by atoms with Gasteiger partial charge < -0.3 is 15.8 Å². The van der Waals surface area contributed by atoms with E-state index in [-0.39, 0.29) is 12.5 Å². The largest absolute Gasteiger partial charge is 0.465 e. The van der Waals surface area contributed by atoms with Gasteiger partial charge in [-0.15, -0.1) is 0 Å². The molecule has 0 unspecified atom stereocenters. The minimum Gasteiger partial charge on any atom is -0.465 e. The van der Waals surface area contributed by atoms with E-state index in [1.54, 1.807) is 6.92 Å². The SMILES string of the molecule is CCOC(=O)CNCc1cccc(C)c1N. The minimum absolute atomic E-state index is 0.210. The Labute approximate surface area is 95.8 Å². The highest BCUT2D eigenvalue weighted by Crippen LogP contribution is 2.15. The van der Waals surface area contributed by atoms with Crippen molar-refractivity contribution in [2.75, 3.05) is 18.9 Å². The molecule has 0 spiro atoms. The van der Waals surface area contributed by atoms with Gasteiger partial charge in [-0.2, -0.15) is 0 Å². The van der Waals surface area contributed by atoms with Gasteiger partial charge in [0.1, 0.15) is 0 Å². The molecule has 0 bridgehead atoms. The first-order valence-corrected chi connectivity index (χ1v) is 5.35. The maximum absolute atomic E-state index is 11.1. The predicted octanol–water partition coefficient (Wildman–Crippen LogP) is 1.23. The molecule has 0 aliphatic heterocycles. The molecule has 0 aliphatic rings. The molecule has 88 valence electrons. The second kappa shape index (κ2) is 6.12. The highest BCUT2D eigenvalue weighted by Gasteiger charge is 2.03. The molecule has 0 aliphatic carbocycles. The second-order valence-electron chi connectivity index (χ2n) is 3.56. The van der Waals surface area contributed by atoms with Gasteiger partial charge in [-0.25, -0.2) is 0 Å². The molecule has 4 heteroatoms. The Balaban J connectivity index is 2.43. The van der Waals surface area contributed by atoms with Gasteiger partial charge in [-0.3, -0.25) is 4.79 Å². The van der Waals surface area contributed by atoms with Gasteiger partial charge in [0.25, 0.3) is 0 Å². The van der Waals surface area contributed by atoms with Crippen LogP contribution in [0.15, 0.2) is 18.2 Å². The number of esters is 1. The number of para-hydroxylation sites is 1. The number of anilines is 1. The summed E-state index contributed by atoms with van der Waals surface area (Å²) in [6.07, 6.45) is 0. The van der Waals surface area contributed by atoms with E-state index in [4.69, 9.17) is 10.5 Å². The number of nitrogens with one attached hydrogen (secondary N) is 1. The quantitative estimate of drug-likeness (QED) is 0.581. The fraction of sp³-hybridized carbons (Fsp3) is 0.417. The van der Waals surface area contributed by atoms with E-state index in [2.05, 4.69) is 5.32 Å². The summed E-state index contributed by atoms with van der Waals surface area (Å²) in [4.78, 5) is 11.1. The van der Waals surface area contributed by atoms with Gasteiger partial charge in [0, 0.05) is 12.2 Å². The van der Waals surface area contributed by atoms with Gasteiger partial charge >= 0.3 is 5.97 Å². The average Bonchev–Trinajstić information content (AvgIpc) is 2.25. The second-order valence-corrected chi connectivity index (χ2v) is 3.56. The Kier molecular flexibility index (Phi) is 4.79. The number of nitrogens with two attached hydrogens (primary N) is 1. The summed E-state index contributed by atoms with van der Waals surface area (Å²) >= 11 is 0. The van der Waals surface area contributed by atoms with Gasteiger partial charge in [0.2, 0.25) is 0 Å². The van der Waals surface area contributed by atoms with Crippen LogP contribution in [0, 0.1) is 6.92 Å². The number of hydrogen-bond donors (Lipinski definition) is 2. The molecule has 4 nitrogen and oxygen atoms in total. The van der Waals surface area contributed by atoms with Crippen LogP contribution in [0.4, 0.5) is 5.69 Å². The highest BCUT2D eigenvalue weighted by molar-refractivity contribution is 5.71. The van der Waals surface area contributed by atoms with Crippen LogP contribution in [-0.4, -0.2) is 19.1 Å². The fourth-order valence-electron chi connectivity index (χ4n) is 1.41. The summed E-state index contributed by atoms with van der Waals surface area (Å²) in [7, 11) is 0. The third kappa shape index (κ3) is 3.55. The van der Waals surface area contributed by atoms with Crippen molar-refractivity contribution in [2.45, 2.75) is 20.4 Å². The average molecular weight is 222 g/mol. The van der Waals surface area contributed by atoms with Crippen LogP contribution in [0.2, 0.25) is 0 Å². The van der Waals surface area contributed by atoms with E-state index in [0.717, 1.165) is 16.8 Å². The smallest absolute Gasteiger partial charge is 0.319 e. The topological polar surface area (TPSA) is 64.3 Å². The van der Waals surface area contributed by atoms with E-state index in [9.17, 15) is 4.79 Å². The van der Waals surface area contributed by atoms with Crippen LogP contribution in [0.25, 0.3) is 0 Å². The molecular formula is C12H18N2O2. The van der Waals surface area contributed by atoms with Crippen molar-refractivity contribution in [1.82, 2.24) is 5.32 Å². The molecule has 3 N–H and O–H groups in total. The molecule has 16 heavy (non-hydrogen) atoms. The highest BCUT2D eigenvalue weighted by atomic mass is 16.5. The predicted molar refractivity (Wildman–Crippen MR) is 63.9 cm³/mol. The number of ether oxygens (including phenoxy) is 1. The number of rotatable bonds is 5. The lowest BCUT2D eigenvalue weighted by Gasteiger charge is -2.09. The van der Waals surface area contributed by atoms with E-state index < -0.39 is 0 Å². The lowest BCUT2D eigenvalue weighted by atomic mass is 10.1. The molecular weight excluding hydrogens is 204 g/mol. The number of carbonyl (C=O) groups is 1. The Bertz CT molecular complexity index is 364. The Morgan fingerprint density at radius 3 is 2.94 bits per heavy atom. The van der Waals surface area contributed by atoms with Crippen LogP contribution in [0.3, 0.4) is 0 Å². The minimum atomic E-state index is -0.242. The van der Waals surface area contributed by atoms with Gasteiger partial charge in [0.15, 0.2) is 0 Å². The lowest BCUT2D eigenvalue weighted by Crippen LogP contribution is -2.24. The number of hydrogen-bond acceptors (Lipinski definition) is 4. The zero-order chi connectivity index (χ0) is 12.0. The normalized spacial score (nSPS) is 10.1. The van der Waals surface area contributed by atoms with E-state index in [0.29, 0.717) is 13.2 Å². The van der Waals surface area contributed by atoms with Crippen molar-refractivity contribution in [1.29, 1.82) is 0 Å². The molecule has 1 aromatic rings. The number of nitrogen functional groups attached to an aromatic ring is 1. The first-order chi connectivity index (χ1) is 7.65. The molecule has 0 fully saturated rings. The van der Waals surface area contributed by atoms with Crippen LogP contribution in [0.5, 0.6) is 0 Å². The van der Waals surface area contributed by atoms with Crippen molar-refractivity contribution < 1.29 is 9.53 Å². The van der Waals surface area contributed by atoms with Crippen molar-refractivity contribution in [3.8, 4) is 0 Å². The summed E-state index contributed by atoms with van der Waals surface area (Å²) in [5, 5.41) is 3.00. The summed E-state index contributed by atoms with van der Waals surface area (Å²) in [5.41, 5.74) is 8.73. The molecule has 0 heterocycles. The molecule has 0 amide bonds. The van der Waals surface area contributed by atoms with Crippen LogP contribution >= 0.6 is 0 Å². The Morgan fingerprint density at radius 1 is 1.50 bits per heavy atom. The Morgan fingerprint density at radius 2 is 2.25 bits per heavy atom. The molecule has 0 saturated carbocycles. The van der Waals surface area contributed by atoms with Crippen molar-refractivity contribution >= 4 is 11.7 Å². The standard InChI is InChI=1S/C12H18N2O2/c1-3-16-11(15)8-14-7-10-6-4-5-9(2)12(10)13/h4-6,14H,3,7-8,13H2,1-2H3. The summed E-state index contributed by atoms with van der Waals surface area (Å²) in [6.45, 7) is 4.95. The summed E-state index contributed by atoms with van der Waals surface area (Å²) in [6, 6.07) is 5.86. The zero-order valence-corrected chi connectivity index (χ0v) is 9.75. The first-order valence-electron chi connectivity index (χ1n) is 5.35. The first kappa shape index (κ1) is 12.5. The third-order valence-corrected chi connectivity index (χ3v) is 2.30. The van der Waals surface area contributed by atoms with Gasteiger partial charge in [-0.1, -0.05) is 18.2 Å². The van der Waals surface area contributed by atoms with Crippen molar-refractivity contribution in [3.63, 3.8) is 0 Å². The number of benzene rings is 1. The van der Waals surface area contributed by atoms with E-state index in [1.807, 2.05) is 25.1 Å². The van der Waals surface area contributed by atoms with Crippen molar-refractivity contribution in [3.05, 3.63) is 29.3 Å². The van der Waals surface area contributed by atoms with E-state index >= 15 is 0 Å². The van der Waals surface area contributed by atoms with Crippen LogP contribution < -0.4 is 11.1 Å². The monoisotopic (exact) mass is 222 g/mol. The maximum atomic E-state index is 11.1. The van der Waals surface area contributed by atoms with Crippen LogP contribution in [-0.2, 0) is 16.1 Å². The molecule has 0 atom stereocenters. The molecule has 0 aromatic heterocycles. The zero-order valence-electron chi connectivity index (χ0n) is 9.75. The summed E-state index contributed by atoms with van der Waals surface area (Å²) < 4.78 is 4.80. The van der Waals surface area contributed by atoms with Gasteiger partial charge in [0.05, 0.1) is 13.2 Å². The summed E-state index contributed by atoms with van der Waals surface area (Å²) in [5.74, 6) is -0.242. The molecule has 0 radical (unpaired) electrons. The molecule has 0 saturated heterocycles. The lowest BCUT2D eigenvalue weighted by molar-refractivity contribution is -0.142. The Hall–Kier alpha value is -1.55. The number of carbonyl (C=O) groups excluding carboxylic acids is 1. The van der Waals surface area contributed by atoms with E-state index in [1.165, 1.54) is 0 Å². The van der Waals surface area contributed by atoms with Crippen molar-refractivity contribution in [2.24, 2.45) is 0 Å². The number of aryl methyl sites for hydroxylation is 1. The van der Waals surface area contributed by atoms with Gasteiger partial charge in [-0.05, 0) is 25.0 Å². The maximum Gasteiger partial charge on any atom is 0.319 e. The molecule has 1 rings (SSSR count).